The van der Waals surface area contributed by atoms with Crippen molar-refractivity contribution in [3.63, 3.8) is 0 Å². The standard InChI is InChI=1S/C69H58Si/c1-39-21-11-12-22-41(39)42-28-19-29-43(40(42)2)51-33-61-64(47-26-15-13-23-44(47)51)55-37-57-53(35-59(55)68(61,5)6)54-36-60-56(38-58(54)67(57,3)4)65-48-27-16-14-24-45(48)52(34-62(65)69(60,7)8)50-31-20-30-49-46-25-17-18-32-63(46)70(9,10)66(49)50/h11-38H,1-10H3. The first-order chi connectivity index (χ1) is 33.6. The van der Waals surface area contributed by atoms with E-state index >= 15 is 0 Å². The number of aryl methyl sites for hydroxylation is 1. The van der Waals surface area contributed by atoms with Crippen molar-refractivity contribution in [1.82, 2.24) is 0 Å². The first kappa shape index (κ1) is 41.9. The Labute approximate surface area is 414 Å². The summed E-state index contributed by atoms with van der Waals surface area (Å²) in [5.74, 6) is 0. The number of benzene rings is 10. The lowest BCUT2D eigenvalue weighted by atomic mass is 9.78. The van der Waals surface area contributed by atoms with Gasteiger partial charge in [-0.3, -0.25) is 0 Å². The van der Waals surface area contributed by atoms with Crippen molar-refractivity contribution in [2.24, 2.45) is 0 Å². The molecule has 0 unspecified atom stereocenters. The third kappa shape index (κ3) is 5.21. The van der Waals surface area contributed by atoms with E-state index in [2.05, 4.69) is 238 Å². The Bertz CT molecular complexity index is 4020. The summed E-state index contributed by atoms with van der Waals surface area (Å²) in [4.78, 5) is 0. The lowest BCUT2D eigenvalue weighted by molar-refractivity contribution is 0.649. The van der Waals surface area contributed by atoms with E-state index in [1.165, 1.54) is 144 Å². The van der Waals surface area contributed by atoms with E-state index in [4.69, 9.17) is 0 Å². The first-order valence-corrected chi connectivity index (χ1v) is 28.5. The van der Waals surface area contributed by atoms with E-state index in [0.29, 0.717) is 0 Å². The molecular formula is C69H58Si. The minimum Gasteiger partial charge on any atom is -0.0623 e. The van der Waals surface area contributed by atoms with Crippen molar-refractivity contribution >= 4 is 40.0 Å². The minimum absolute atomic E-state index is 0.192. The van der Waals surface area contributed by atoms with Gasteiger partial charge >= 0.3 is 0 Å². The van der Waals surface area contributed by atoms with Gasteiger partial charge in [0.25, 0.3) is 0 Å². The van der Waals surface area contributed by atoms with Crippen molar-refractivity contribution in [2.75, 3.05) is 0 Å². The number of hydrogen-bond donors (Lipinski definition) is 0. The second kappa shape index (κ2) is 13.8. The van der Waals surface area contributed by atoms with Gasteiger partial charge in [-0.2, -0.15) is 0 Å². The monoisotopic (exact) mass is 914 g/mol. The molecule has 0 saturated heterocycles. The van der Waals surface area contributed by atoms with Gasteiger partial charge in [0.1, 0.15) is 8.07 Å². The summed E-state index contributed by atoms with van der Waals surface area (Å²) < 4.78 is 0. The molecule has 70 heavy (non-hydrogen) atoms. The zero-order valence-electron chi connectivity index (χ0n) is 42.2. The van der Waals surface area contributed by atoms with E-state index in [1.54, 1.807) is 10.4 Å². The van der Waals surface area contributed by atoms with Crippen molar-refractivity contribution < 1.29 is 0 Å². The van der Waals surface area contributed by atoms with Crippen LogP contribution in [0.4, 0.5) is 0 Å². The van der Waals surface area contributed by atoms with Crippen molar-refractivity contribution in [1.29, 1.82) is 0 Å². The largest absolute Gasteiger partial charge is 0.114 e. The van der Waals surface area contributed by atoms with Gasteiger partial charge in [-0.1, -0.05) is 188 Å². The summed E-state index contributed by atoms with van der Waals surface area (Å²) in [6.45, 7) is 24.5. The van der Waals surface area contributed by atoms with Crippen molar-refractivity contribution in [2.45, 2.75) is 84.7 Å². The molecule has 0 bridgehead atoms. The Morgan fingerprint density at radius 3 is 1.20 bits per heavy atom. The summed E-state index contributed by atoms with van der Waals surface area (Å²) in [6.07, 6.45) is 0. The fourth-order valence-corrected chi connectivity index (χ4v) is 17.9. The predicted octanol–water partition coefficient (Wildman–Crippen LogP) is 17.3. The van der Waals surface area contributed by atoms with Crippen LogP contribution in [0.3, 0.4) is 0 Å². The molecule has 1 aliphatic heterocycles. The SMILES string of the molecule is Cc1ccccc1-c1cccc(-c2cc3c(c4ccccc24)-c2cc4c(cc2C3(C)C)-c2cc3c(cc2C4(C)C)-c2c(cc(-c4cccc5c4[Si](C)(C)c4ccccc4-5)c4ccccc24)C3(C)C)c1C. The van der Waals surface area contributed by atoms with Crippen LogP contribution in [0, 0.1) is 13.8 Å². The van der Waals surface area contributed by atoms with Crippen LogP contribution in [0.1, 0.15) is 86.1 Å². The van der Waals surface area contributed by atoms with Gasteiger partial charge in [0, 0.05) is 16.2 Å². The molecule has 338 valence electrons. The van der Waals surface area contributed by atoms with E-state index in [1.807, 2.05) is 0 Å². The van der Waals surface area contributed by atoms with Gasteiger partial charge < -0.3 is 0 Å². The molecule has 0 N–H and O–H groups in total. The maximum Gasteiger partial charge on any atom is 0.114 e. The van der Waals surface area contributed by atoms with Crippen LogP contribution in [0.25, 0.3) is 99.4 Å². The third-order valence-electron chi connectivity index (χ3n) is 18.2. The Balaban J connectivity index is 0.933. The van der Waals surface area contributed by atoms with Gasteiger partial charge in [0.05, 0.1) is 0 Å². The third-order valence-corrected chi connectivity index (χ3v) is 21.8. The Morgan fingerprint density at radius 2 is 0.657 bits per heavy atom. The first-order valence-electron chi connectivity index (χ1n) is 25.5. The van der Waals surface area contributed by atoms with Crippen molar-refractivity contribution in [3.05, 3.63) is 214 Å². The van der Waals surface area contributed by atoms with E-state index in [0.717, 1.165) is 0 Å². The molecule has 0 atom stereocenters. The smallest absolute Gasteiger partial charge is 0.0623 e. The lowest BCUT2D eigenvalue weighted by Crippen LogP contribution is -2.50. The molecule has 1 heteroatoms. The van der Waals surface area contributed by atoms with Crippen LogP contribution < -0.4 is 10.4 Å². The summed E-state index contributed by atoms with van der Waals surface area (Å²) in [5, 5.41) is 8.51. The maximum atomic E-state index is 2.62. The molecule has 10 aromatic carbocycles. The lowest BCUT2D eigenvalue weighted by Gasteiger charge is -2.26. The number of fused-ring (bicyclic) bond motifs is 16. The highest BCUT2D eigenvalue weighted by Crippen LogP contribution is 2.62. The highest BCUT2D eigenvalue weighted by Gasteiger charge is 2.46. The van der Waals surface area contributed by atoms with Crippen LogP contribution in [-0.4, -0.2) is 8.07 Å². The second-order valence-corrected chi connectivity index (χ2v) is 27.5. The summed E-state index contributed by atoms with van der Waals surface area (Å²) in [6, 6.07) is 66.1. The van der Waals surface area contributed by atoms with Crippen LogP contribution in [0.2, 0.25) is 13.1 Å². The molecule has 0 amide bonds. The van der Waals surface area contributed by atoms with Crippen LogP contribution in [0.5, 0.6) is 0 Å². The second-order valence-electron chi connectivity index (χ2n) is 23.2. The van der Waals surface area contributed by atoms with Gasteiger partial charge in [0.15, 0.2) is 0 Å². The summed E-state index contributed by atoms with van der Waals surface area (Å²) >= 11 is 0. The molecule has 0 fully saturated rings. The molecule has 10 aromatic rings. The zero-order valence-corrected chi connectivity index (χ0v) is 43.2. The Kier molecular flexibility index (Phi) is 8.27. The maximum absolute atomic E-state index is 2.62. The van der Waals surface area contributed by atoms with Gasteiger partial charge in [-0.15, -0.1) is 0 Å². The summed E-state index contributed by atoms with van der Waals surface area (Å²) in [7, 11) is -1.97. The highest BCUT2D eigenvalue weighted by molar-refractivity contribution is 7.04. The molecule has 0 radical (unpaired) electrons. The molecule has 1 heterocycles. The molecule has 0 aromatic heterocycles. The fourth-order valence-electron chi connectivity index (χ4n) is 14.5. The van der Waals surface area contributed by atoms with E-state index in [9.17, 15) is 0 Å². The van der Waals surface area contributed by atoms with Crippen LogP contribution >= 0.6 is 0 Å². The van der Waals surface area contributed by atoms with Gasteiger partial charge in [-0.05, 0) is 205 Å². The molecule has 0 nitrogen and oxygen atoms in total. The molecule has 0 saturated carbocycles. The normalized spacial score (nSPS) is 16.3. The number of rotatable bonds is 3. The van der Waals surface area contributed by atoms with Gasteiger partial charge in [0.2, 0.25) is 0 Å². The molecular weight excluding hydrogens is 857 g/mol. The average Bonchev–Trinajstić information content (AvgIpc) is 3.92. The van der Waals surface area contributed by atoms with Crippen LogP contribution in [-0.2, 0) is 16.2 Å². The summed E-state index contributed by atoms with van der Waals surface area (Å²) in [5.41, 5.74) is 30.0. The Morgan fingerprint density at radius 1 is 0.300 bits per heavy atom. The fraction of sp³-hybridized carbons (Fsp3) is 0.188. The molecule has 0 spiro atoms. The van der Waals surface area contributed by atoms with Gasteiger partial charge in [-0.25, -0.2) is 0 Å². The predicted molar refractivity (Wildman–Crippen MR) is 302 cm³/mol. The van der Waals surface area contributed by atoms with Crippen molar-refractivity contribution in [3.8, 4) is 77.9 Å². The van der Waals surface area contributed by atoms with E-state index in [-0.39, 0.29) is 16.2 Å². The zero-order chi connectivity index (χ0) is 48.0. The highest BCUT2D eigenvalue weighted by atomic mass is 28.3. The number of hydrogen-bond acceptors (Lipinski definition) is 0. The average molecular weight is 915 g/mol. The molecule has 4 aliphatic rings. The minimum atomic E-state index is -1.97. The van der Waals surface area contributed by atoms with Crippen LogP contribution in [0.15, 0.2) is 170 Å². The topological polar surface area (TPSA) is 0 Å². The molecule has 14 rings (SSSR count). The Hall–Kier alpha value is -7.06. The van der Waals surface area contributed by atoms with E-state index < -0.39 is 8.07 Å². The quantitative estimate of drug-likeness (QED) is 0.155. The molecule has 3 aliphatic carbocycles.